The fourth-order valence-corrected chi connectivity index (χ4v) is 1.15. The molecule has 1 nitrogen and oxygen atoms in total. The van der Waals surface area contributed by atoms with E-state index in [1.54, 1.807) is 0 Å². The van der Waals surface area contributed by atoms with E-state index in [4.69, 9.17) is 0 Å². The Balaban J connectivity index is 2.25. The molecule has 0 N–H and O–H groups in total. The van der Waals surface area contributed by atoms with Gasteiger partial charge >= 0.3 is 0 Å². The second kappa shape index (κ2) is 6.44. The van der Waals surface area contributed by atoms with Crippen molar-refractivity contribution >= 4 is 6.08 Å². The first-order valence-corrected chi connectivity index (χ1v) is 4.70. The van der Waals surface area contributed by atoms with Crippen LogP contribution in [0.25, 0.3) is 6.08 Å². The molecule has 1 aromatic rings. The maximum absolute atomic E-state index is 4.05. The van der Waals surface area contributed by atoms with Gasteiger partial charge in [0, 0.05) is 13.6 Å². The van der Waals surface area contributed by atoms with Gasteiger partial charge in [0.2, 0.25) is 0 Å². The smallest absolute Gasteiger partial charge is 0.0133 e. The Bertz CT molecular complexity index is 239. The van der Waals surface area contributed by atoms with Crippen LogP contribution in [0, 0.1) is 0 Å². The molecule has 13 heavy (non-hydrogen) atoms. The number of nitrogens with zero attached hydrogens (tertiary/aromatic N) is 1. The quantitative estimate of drug-likeness (QED) is 0.609. The van der Waals surface area contributed by atoms with Crippen molar-refractivity contribution in [3.05, 3.63) is 42.0 Å². The highest BCUT2D eigenvalue weighted by Crippen LogP contribution is 2.02. The van der Waals surface area contributed by atoms with Crippen molar-refractivity contribution in [2.75, 3.05) is 13.6 Å². The summed E-state index contributed by atoms with van der Waals surface area (Å²) in [6, 6.07) is 10.4. The van der Waals surface area contributed by atoms with Gasteiger partial charge in [-0.3, -0.25) is 0 Å². The van der Waals surface area contributed by atoms with E-state index in [-0.39, 0.29) is 0 Å². The van der Waals surface area contributed by atoms with Crippen molar-refractivity contribution in [1.29, 1.82) is 0 Å². The van der Waals surface area contributed by atoms with Crippen molar-refractivity contribution < 1.29 is 0 Å². The van der Waals surface area contributed by atoms with Crippen LogP contribution in [0.3, 0.4) is 0 Å². The third-order valence-corrected chi connectivity index (χ3v) is 1.86. The molecule has 1 aromatic carbocycles. The van der Waals surface area contributed by atoms with E-state index < -0.39 is 0 Å². The highest BCUT2D eigenvalue weighted by molar-refractivity contribution is 5.48. The lowest BCUT2D eigenvalue weighted by Gasteiger charge is -1.93. The van der Waals surface area contributed by atoms with Crippen LogP contribution < -0.4 is 5.32 Å². The fourth-order valence-electron chi connectivity index (χ4n) is 1.15. The summed E-state index contributed by atoms with van der Waals surface area (Å²) in [7, 11) is 1.86. The lowest BCUT2D eigenvalue weighted by Crippen LogP contribution is -1.97. The van der Waals surface area contributed by atoms with Gasteiger partial charge in [-0.25, -0.2) is 5.32 Å². The van der Waals surface area contributed by atoms with Crippen molar-refractivity contribution in [1.82, 2.24) is 5.32 Å². The minimum absolute atomic E-state index is 0.971. The summed E-state index contributed by atoms with van der Waals surface area (Å²) >= 11 is 0. The summed E-state index contributed by atoms with van der Waals surface area (Å²) in [6.45, 7) is 0.971. The maximum atomic E-state index is 4.05. The van der Waals surface area contributed by atoms with Crippen LogP contribution in [-0.2, 0) is 0 Å². The molecular formula is C12H16N. The standard InChI is InChI=1S/C12H16N/c1-13-11-7-3-6-10-12-8-4-2-5-9-12/h2,4-6,8-10H,3,7,11H2,1H3/b10-6+. The van der Waals surface area contributed by atoms with Crippen molar-refractivity contribution in [3.63, 3.8) is 0 Å². The lowest BCUT2D eigenvalue weighted by molar-refractivity contribution is 0.724. The van der Waals surface area contributed by atoms with Crippen molar-refractivity contribution in [3.8, 4) is 0 Å². The Morgan fingerprint density at radius 2 is 2.00 bits per heavy atom. The minimum Gasteiger partial charge on any atom is -0.245 e. The summed E-state index contributed by atoms with van der Waals surface area (Å²) in [6.07, 6.45) is 6.64. The Hall–Kier alpha value is -1.08. The summed E-state index contributed by atoms with van der Waals surface area (Å²) in [4.78, 5) is 0. The molecule has 69 valence electrons. The lowest BCUT2D eigenvalue weighted by atomic mass is 10.2. The summed E-state index contributed by atoms with van der Waals surface area (Å²) in [5.74, 6) is 0. The summed E-state index contributed by atoms with van der Waals surface area (Å²) < 4.78 is 0. The van der Waals surface area contributed by atoms with E-state index in [1.165, 1.54) is 5.56 Å². The molecule has 0 amide bonds. The molecule has 0 spiro atoms. The number of rotatable bonds is 5. The molecule has 0 saturated carbocycles. The zero-order valence-electron chi connectivity index (χ0n) is 8.11. The first-order valence-electron chi connectivity index (χ1n) is 4.70. The van der Waals surface area contributed by atoms with Crippen LogP contribution in [-0.4, -0.2) is 13.6 Å². The molecule has 0 aliphatic rings. The van der Waals surface area contributed by atoms with Gasteiger partial charge in [-0.1, -0.05) is 42.5 Å². The molecule has 0 atom stereocenters. The second-order valence-corrected chi connectivity index (χ2v) is 3.00. The first kappa shape index (κ1) is 10.0. The minimum atomic E-state index is 0.971. The van der Waals surface area contributed by atoms with Gasteiger partial charge in [-0.2, -0.15) is 0 Å². The predicted molar refractivity (Wildman–Crippen MR) is 57.6 cm³/mol. The van der Waals surface area contributed by atoms with Crippen molar-refractivity contribution in [2.45, 2.75) is 12.8 Å². The van der Waals surface area contributed by atoms with Crippen LogP contribution in [0.1, 0.15) is 18.4 Å². The SMILES string of the molecule is C[N]CCC/C=C/c1ccccc1. The number of hydrogen-bond donors (Lipinski definition) is 0. The highest BCUT2D eigenvalue weighted by Gasteiger charge is 1.83. The highest BCUT2D eigenvalue weighted by atomic mass is 14.8. The number of benzene rings is 1. The summed E-state index contributed by atoms with van der Waals surface area (Å²) in [5, 5.41) is 4.05. The predicted octanol–water partition coefficient (Wildman–Crippen LogP) is 2.71. The van der Waals surface area contributed by atoms with Gasteiger partial charge in [-0.05, 0) is 18.4 Å². The number of hydrogen-bond acceptors (Lipinski definition) is 0. The van der Waals surface area contributed by atoms with Gasteiger partial charge in [0.15, 0.2) is 0 Å². The number of allylic oxidation sites excluding steroid dienone is 1. The van der Waals surface area contributed by atoms with Crippen LogP contribution >= 0.6 is 0 Å². The van der Waals surface area contributed by atoms with Crippen molar-refractivity contribution in [2.24, 2.45) is 0 Å². The summed E-state index contributed by atoms with van der Waals surface area (Å²) in [5.41, 5.74) is 1.27. The maximum Gasteiger partial charge on any atom is 0.0133 e. The van der Waals surface area contributed by atoms with E-state index in [0.29, 0.717) is 0 Å². The van der Waals surface area contributed by atoms with Crippen LogP contribution in [0.5, 0.6) is 0 Å². The third kappa shape index (κ3) is 4.48. The fraction of sp³-hybridized carbons (Fsp3) is 0.333. The average molecular weight is 174 g/mol. The molecule has 0 bridgehead atoms. The topological polar surface area (TPSA) is 14.1 Å². The molecule has 0 aliphatic heterocycles. The molecule has 0 fully saturated rings. The Labute approximate surface area is 80.5 Å². The van der Waals surface area contributed by atoms with Gasteiger partial charge in [0.05, 0.1) is 0 Å². The van der Waals surface area contributed by atoms with E-state index in [2.05, 4.69) is 41.7 Å². The Kier molecular flexibility index (Phi) is 4.95. The van der Waals surface area contributed by atoms with E-state index in [9.17, 15) is 0 Å². The molecule has 0 heterocycles. The van der Waals surface area contributed by atoms with Gasteiger partial charge in [0.1, 0.15) is 0 Å². The van der Waals surface area contributed by atoms with Gasteiger partial charge < -0.3 is 0 Å². The van der Waals surface area contributed by atoms with Gasteiger partial charge in [0.25, 0.3) is 0 Å². The van der Waals surface area contributed by atoms with Crippen LogP contribution in [0.2, 0.25) is 0 Å². The van der Waals surface area contributed by atoms with E-state index >= 15 is 0 Å². The van der Waals surface area contributed by atoms with E-state index in [1.807, 2.05) is 13.1 Å². The molecule has 0 aliphatic carbocycles. The van der Waals surface area contributed by atoms with Crippen LogP contribution in [0.15, 0.2) is 36.4 Å². The molecule has 1 rings (SSSR count). The Morgan fingerprint density at radius 1 is 1.23 bits per heavy atom. The molecule has 0 unspecified atom stereocenters. The monoisotopic (exact) mass is 174 g/mol. The molecule has 0 aromatic heterocycles. The molecule has 1 heteroatoms. The second-order valence-electron chi connectivity index (χ2n) is 3.00. The van der Waals surface area contributed by atoms with Crippen LogP contribution in [0.4, 0.5) is 0 Å². The number of unbranched alkanes of at least 4 members (excludes halogenated alkanes) is 1. The zero-order valence-corrected chi connectivity index (χ0v) is 8.11. The molecule has 1 radical (unpaired) electrons. The third-order valence-electron chi connectivity index (χ3n) is 1.86. The zero-order chi connectivity index (χ0) is 9.36. The van der Waals surface area contributed by atoms with E-state index in [0.717, 1.165) is 19.4 Å². The largest absolute Gasteiger partial charge is 0.245 e. The normalized spacial score (nSPS) is 10.8. The molecule has 0 saturated heterocycles. The first-order chi connectivity index (χ1) is 6.43. The Morgan fingerprint density at radius 3 is 2.69 bits per heavy atom. The molecular weight excluding hydrogens is 158 g/mol. The van der Waals surface area contributed by atoms with Gasteiger partial charge in [-0.15, -0.1) is 0 Å². The average Bonchev–Trinajstić information content (AvgIpc) is 2.19.